The summed E-state index contributed by atoms with van der Waals surface area (Å²) < 4.78 is 2.05. The fraction of sp³-hybridized carbons (Fsp3) is 0.333. The SMILES string of the molecule is CC(Cl)C(=O)NC1CCc2ccccc2-n2ccnc21. The Labute approximate surface area is 122 Å². The highest BCUT2D eigenvalue weighted by Crippen LogP contribution is 2.28. The molecule has 0 aliphatic carbocycles. The molecule has 20 heavy (non-hydrogen) atoms. The maximum absolute atomic E-state index is 11.8. The number of fused-ring (bicyclic) bond motifs is 3. The highest BCUT2D eigenvalue weighted by Gasteiger charge is 2.25. The molecular formula is C15H16ClN3O. The van der Waals surface area contributed by atoms with Crippen LogP contribution in [0.25, 0.3) is 5.69 Å². The van der Waals surface area contributed by atoms with Gasteiger partial charge < -0.3 is 9.88 Å². The summed E-state index contributed by atoms with van der Waals surface area (Å²) in [6, 6.07) is 8.14. The van der Waals surface area contributed by atoms with E-state index in [9.17, 15) is 4.79 Å². The molecule has 5 heteroatoms. The van der Waals surface area contributed by atoms with Crippen molar-refractivity contribution in [1.29, 1.82) is 0 Å². The largest absolute Gasteiger partial charge is 0.345 e. The van der Waals surface area contributed by atoms with Crippen LogP contribution in [-0.4, -0.2) is 20.8 Å². The lowest BCUT2D eigenvalue weighted by atomic mass is 10.1. The van der Waals surface area contributed by atoms with E-state index in [0.29, 0.717) is 0 Å². The summed E-state index contributed by atoms with van der Waals surface area (Å²) >= 11 is 5.84. The number of alkyl halides is 1. The topological polar surface area (TPSA) is 46.9 Å². The first-order valence-corrected chi connectivity index (χ1v) is 7.16. The second kappa shape index (κ2) is 5.29. The van der Waals surface area contributed by atoms with E-state index in [1.807, 2.05) is 22.9 Å². The van der Waals surface area contributed by atoms with Gasteiger partial charge in [0.1, 0.15) is 11.2 Å². The van der Waals surface area contributed by atoms with Gasteiger partial charge in [0.25, 0.3) is 0 Å². The molecule has 1 aliphatic rings. The molecule has 0 fully saturated rings. The van der Waals surface area contributed by atoms with Crippen molar-refractivity contribution in [1.82, 2.24) is 14.9 Å². The molecule has 104 valence electrons. The number of halogens is 1. The van der Waals surface area contributed by atoms with Crippen LogP contribution in [0.15, 0.2) is 36.7 Å². The van der Waals surface area contributed by atoms with Gasteiger partial charge >= 0.3 is 0 Å². The number of nitrogens with one attached hydrogen (secondary N) is 1. The van der Waals surface area contributed by atoms with Gasteiger partial charge in [0.2, 0.25) is 5.91 Å². The normalized spacial score (nSPS) is 18.6. The molecule has 0 saturated carbocycles. The highest BCUT2D eigenvalue weighted by molar-refractivity contribution is 6.30. The number of hydrogen-bond acceptors (Lipinski definition) is 2. The van der Waals surface area contributed by atoms with Gasteiger partial charge in [0.05, 0.1) is 6.04 Å². The van der Waals surface area contributed by atoms with Crippen molar-refractivity contribution in [2.24, 2.45) is 0 Å². The molecule has 1 aromatic heterocycles. The molecule has 4 nitrogen and oxygen atoms in total. The second-order valence-corrected chi connectivity index (χ2v) is 5.65. The molecule has 1 N–H and O–H groups in total. The van der Waals surface area contributed by atoms with Gasteiger partial charge in [0, 0.05) is 18.1 Å². The lowest BCUT2D eigenvalue weighted by Crippen LogP contribution is -2.34. The van der Waals surface area contributed by atoms with Crippen molar-refractivity contribution in [3.63, 3.8) is 0 Å². The number of hydrogen-bond donors (Lipinski definition) is 1. The third-order valence-electron chi connectivity index (χ3n) is 3.61. The Bertz CT molecular complexity index is 636. The molecule has 0 spiro atoms. The zero-order valence-corrected chi connectivity index (χ0v) is 12.0. The Kier molecular flexibility index (Phi) is 3.49. The first kappa shape index (κ1) is 13.2. The van der Waals surface area contributed by atoms with Gasteiger partial charge in [-0.15, -0.1) is 11.6 Å². The highest BCUT2D eigenvalue weighted by atomic mass is 35.5. The average molecular weight is 290 g/mol. The zero-order valence-electron chi connectivity index (χ0n) is 11.2. The van der Waals surface area contributed by atoms with Gasteiger partial charge in [-0.2, -0.15) is 0 Å². The number of aromatic nitrogens is 2. The number of imidazole rings is 1. The predicted molar refractivity (Wildman–Crippen MR) is 78.1 cm³/mol. The number of para-hydroxylation sites is 1. The molecule has 0 radical (unpaired) electrons. The number of nitrogens with zero attached hydrogens (tertiary/aromatic N) is 2. The molecule has 0 bridgehead atoms. The summed E-state index contributed by atoms with van der Waals surface area (Å²) in [6.07, 6.45) is 5.42. The van der Waals surface area contributed by atoms with Crippen LogP contribution in [-0.2, 0) is 11.2 Å². The minimum Gasteiger partial charge on any atom is -0.345 e. The molecule has 2 aromatic rings. The number of carbonyl (C=O) groups excluding carboxylic acids is 1. The van der Waals surface area contributed by atoms with Crippen LogP contribution in [0.5, 0.6) is 0 Å². The number of amides is 1. The van der Waals surface area contributed by atoms with Crippen LogP contribution in [0.4, 0.5) is 0 Å². The van der Waals surface area contributed by atoms with Crippen LogP contribution in [0.2, 0.25) is 0 Å². The van der Waals surface area contributed by atoms with Crippen LogP contribution in [0.3, 0.4) is 0 Å². The molecule has 1 amide bonds. The van der Waals surface area contributed by atoms with Crippen LogP contribution in [0.1, 0.15) is 30.8 Å². The Balaban J connectivity index is 1.98. The van der Waals surface area contributed by atoms with E-state index in [1.54, 1.807) is 13.1 Å². The average Bonchev–Trinajstić information content (AvgIpc) is 2.87. The molecule has 3 rings (SSSR count). The minimum atomic E-state index is -0.538. The summed E-state index contributed by atoms with van der Waals surface area (Å²) in [5.74, 6) is 0.706. The molecule has 1 aromatic carbocycles. The van der Waals surface area contributed by atoms with Crippen LogP contribution < -0.4 is 5.32 Å². The number of aryl methyl sites for hydroxylation is 1. The Morgan fingerprint density at radius 2 is 2.30 bits per heavy atom. The van der Waals surface area contributed by atoms with E-state index in [-0.39, 0.29) is 11.9 Å². The van der Waals surface area contributed by atoms with Crippen LogP contribution in [0, 0.1) is 0 Å². The maximum atomic E-state index is 11.8. The Morgan fingerprint density at radius 1 is 1.50 bits per heavy atom. The van der Waals surface area contributed by atoms with Crippen molar-refractivity contribution in [2.75, 3.05) is 0 Å². The van der Waals surface area contributed by atoms with Gasteiger partial charge in [-0.1, -0.05) is 18.2 Å². The van der Waals surface area contributed by atoms with E-state index in [2.05, 4.69) is 22.4 Å². The quantitative estimate of drug-likeness (QED) is 0.864. The van der Waals surface area contributed by atoms with E-state index in [0.717, 1.165) is 24.4 Å². The number of carbonyl (C=O) groups is 1. The Hall–Kier alpha value is -1.81. The van der Waals surface area contributed by atoms with E-state index >= 15 is 0 Å². The summed E-state index contributed by atoms with van der Waals surface area (Å²) in [7, 11) is 0. The molecule has 2 atom stereocenters. The molecule has 2 unspecified atom stereocenters. The fourth-order valence-electron chi connectivity index (χ4n) is 2.59. The molecule has 1 aliphatic heterocycles. The number of rotatable bonds is 2. The third kappa shape index (κ3) is 2.31. The summed E-state index contributed by atoms with van der Waals surface area (Å²) in [6.45, 7) is 1.68. The van der Waals surface area contributed by atoms with Crippen molar-refractivity contribution in [3.8, 4) is 5.69 Å². The first-order chi connectivity index (χ1) is 9.66. The zero-order chi connectivity index (χ0) is 14.1. The van der Waals surface area contributed by atoms with E-state index in [4.69, 9.17) is 11.6 Å². The summed E-state index contributed by atoms with van der Waals surface area (Å²) in [5, 5.41) is 2.44. The molecule has 2 heterocycles. The van der Waals surface area contributed by atoms with Crippen molar-refractivity contribution >= 4 is 17.5 Å². The van der Waals surface area contributed by atoms with Gasteiger partial charge in [0.15, 0.2) is 0 Å². The predicted octanol–water partition coefficient (Wildman–Crippen LogP) is 2.60. The lowest BCUT2D eigenvalue weighted by molar-refractivity contribution is -0.121. The molecule has 0 saturated heterocycles. The monoisotopic (exact) mass is 289 g/mol. The minimum absolute atomic E-state index is 0.105. The van der Waals surface area contributed by atoms with E-state index in [1.165, 1.54) is 5.56 Å². The fourth-order valence-corrected chi connectivity index (χ4v) is 2.65. The summed E-state index contributed by atoms with van der Waals surface area (Å²) in [5.41, 5.74) is 2.40. The second-order valence-electron chi connectivity index (χ2n) is 5.00. The standard InChI is InChI=1S/C15H16ClN3O/c1-10(16)15(20)18-12-7-6-11-4-2-3-5-13(11)19-9-8-17-14(12)19/h2-5,8-10,12H,6-7H2,1H3,(H,18,20). The maximum Gasteiger partial charge on any atom is 0.238 e. The number of benzene rings is 1. The van der Waals surface area contributed by atoms with Gasteiger partial charge in [-0.05, 0) is 31.4 Å². The van der Waals surface area contributed by atoms with Gasteiger partial charge in [-0.25, -0.2) is 4.98 Å². The van der Waals surface area contributed by atoms with Crippen molar-refractivity contribution in [2.45, 2.75) is 31.2 Å². The van der Waals surface area contributed by atoms with Crippen molar-refractivity contribution < 1.29 is 4.79 Å². The lowest BCUT2D eigenvalue weighted by Gasteiger charge is -2.17. The van der Waals surface area contributed by atoms with Crippen molar-refractivity contribution in [3.05, 3.63) is 48.0 Å². The van der Waals surface area contributed by atoms with E-state index < -0.39 is 5.38 Å². The Morgan fingerprint density at radius 3 is 3.10 bits per heavy atom. The smallest absolute Gasteiger partial charge is 0.238 e. The third-order valence-corrected chi connectivity index (χ3v) is 3.81. The van der Waals surface area contributed by atoms with Gasteiger partial charge in [-0.3, -0.25) is 4.79 Å². The summed E-state index contributed by atoms with van der Waals surface area (Å²) in [4.78, 5) is 16.3. The first-order valence-electron chi connectivity index (χ1n) is 6.73. The molecular weight excluding hydrogens is 274 g/mol. The van der Waals surface area contributed by atoms with Crippen LogP contribution >= 0.6 is 11.6 Å².